The summed E-state index contributed by atoms with van der Waals surface area (Å²) < 4.78 is 36.0. The first-order valence-corrected chi connectivity index (χ1v) is 11.6. The number of hydrogen-bond donors (Lipinski definition) is 1. The van der Waals surface area contributed by atoms with Crippen molar-refractivity contribution in [1.82, 2.24) is 0 Å². The lowest BCUT2D eigenvalue weighted by molar-refractivity contribution is -0.132. The Morgan fingerprint density at radius 1 is 1.09 bits per heavy atom. The fourth-order valence-corrected chi connectivity index (χ4v) is 5.21. The van der Waals surface area contributed by atoms with E-state index in [9.17, 15) is 14.3 Å². The Kier molecular flexibility index (Phi) is 5.90. The lowest BCUT2D eigenvalue weighted by atomic mass is 9.87. The standard InChI is InChI=1S/C28H25F2NO3/c1-2-16-9-11-24(30)26-23(16)15-34-25-12-10-18(29)13-22(25)20-7-4-6-19(20)21-8-3-5-17(28(32)33)14-31-27(21)26/h5,9-14H,2-4,6-8,15H2,1H3,(H,32,33)/b17-5-,27-21?,31-14?. The molecule has 0 unspecified atom stereocenters. The predicted octanol–water partition coefficient (Wildman–Crippen LogP) is 6.64. The average Bonchev–Trinajstić information content (AvgIpc) is 3.28. The second-order valence-corrected chi connectivity index (χ2v) is 8.74. The van der Waals surface area contributed by atoms with Gasteiger partial charge in [-0.3, -0.25) is 4.99 Å². The van der Waals surface area contributed by atoms with Crippen LogP contribution in [0.4, 0.5) is 8.78 Å². The number of carboxylic acids is 1. The van der Waals surface area contributed by atoms with E-state index in [1.807, 2.05) is 6.92 Å². The van der Waals surface area contributed by atoms with E-state index in [1.165, 1.54) is 24.4 Å². The van der Waals surface area contributed by atoms with Crippen molar-refractivity contribution in [2.24, 2.45) is 4.99 Å². The third kappa shape index (κ3) is 3.87. The zero-order chi connectivity index (χ0) is 23.8. The van der Waals surface area contributed by atoms with Gasteiger partial charge in [0.25, 0.3) is 0 Å². The van der Waals surface area contributed by atoms with Crippen molar-refractivity contribution < 1.29 is 23.4 Å². The molecule has 174 valence electrons. The van der Waals surface area contributed by atoms with Crippen LogP contribution in [-0.4, -0.2) is 17.3 Å². The smallest absolute Gasteiger partial charge is 0.336 e. The van der Waals surface area contributed by atoms with Crippen molar-refractivity contribution in [3.63, 3.8) is 0 Å². The normalized spacial score (nSPS) is 19.1. The van der Waals surface area contributed by atoms with Gasteiger partial charge in [0.1, 0.15) is 24.0 Å². The quantitative estimate of drug-likeness (QED) is 0.545. The van der Waals surface area contributed by atoms with Crippen LogP contribution in [0.5, 0.6) is 5.75 Å². The molecular weight excluding hydrogens is 436 g/mol. The molecule has 0 fully saturated rings. The third-order valence-corrected chi connectivity index (χ3v) is 6.82. The number of allylic oxidation sites excluding steroid dienone is 4. The molecule has 0 spiro atoms. The van der Waals surface area contributed by atoms with Crippen molar-refractivity contribution in [1.29, 1.82) is 0 Å². The monoisotopic (exact) mass is 461 g/mol. The lowest BCUT2D eigenvalue weighted by Gasteiger charge is -2.24. The van der Waals surface area contributed by atoms with Gasteiger partial charge in [0, 0.05) is 22.9 Å². The zero-order valence-electron chi connectivity index (χ0n) is 19.0. The number of ether oxygens (including phenoxy) is 1. The van der Waals surface area contributed by atoms with Crippen LogP contribution in [0.25, 0.3) is 11.3 Å². The second kappa shape index (κ2) is 9.01. The Morgan fingerprint density at radius 2 is 1.91 bits per heavy atom. The van der Waals surface area contributed by atoms with Crippen LogP contribution in [0.15, 0.2) is 58.1 Å². The first-order chi connectivity index (χ1) is 16.5. The minimum Gasteiger partial charge on any atom is -0.488 e. The molecule has 2 aromatic carbocycles. The molecule has 0 radical (unpaired) electrons. The van der Waals surface area contributed by atoms with E-state index in [4.69, 9.17) is 4.74 Å². The number of aliphatic carboxylic acids is 1. The van der Waals surface area contributed by atoms with E-state index in [-0.39, 0.29) is 18.0 Å². The van der Waals surface area contributed by atoms with E-state index in [0.29, 0.717) is 41.8 Å². The topological polar surface area (TPSA) is 58.9 Å². The number of halogens is 2. The molecule has 1 N–H and O–H groups in total. The maximum absolute atomic E-state index is 15.5. The highest BCUT2D eigenvalue weighted by Crippen LogP contribution is 2.46. The van der Waals surface area contributed by atoms with Crippen molar-refractivity contribution >= 4 is 23.5 Å². The molecule has 1 aliphatic carbocycles. The molecule has 0 saturated carbocycles. The van der Waals surface area contributed by atoms with Crippen molar-refractivity contribution in [3.05, 3.63) is 87.0 Å². The molecule has 0 saturated heterocycles. The number of benzene rings is 2. The summed E-state index contributed by atoms with van der Waals surface area (Å²) in [5.74, 6) is -1.23. The van der Waals surface area contributed by atoms with Crippen LogP contribution < -0.4 is 4.74 Å². The van der Waals surface area contributed by atoms with Crippen LogP contribution in [0.1, 0.15) is 61.3 Å². The Hall–Kier alpha value is -3.54. The van der Waals surface area contributed by atoms with Crippen LogP contribution in [-0.2, 0) is 17.8 Å². The highest BCUT2D eigenvalue weighted by Gasteiger charge is 2.29. The van der Waals surface area contributed by atoms with Gasteiger partial charge in [0.05, 0.1) is 11.3 Å². The Balaban J connectivity index is 1.87. The molecule has 2 aliphatic heterocycles. The first kappa shape index (κ1) is 22.3. The summed E-state index contributed by atoms with van der Waals surface area (Å²) in [6.07, 6.45) is 7.05. The van der Waals surface area contributed by atoms with E-state index < -0.39 is 11.8 Å². The number of aliphatic imine (C=N–C) groups is 1. The minimum absolute atomic E-state index is 0.0848. The van der Waals surface area contributed by atoms with E-state index >= 15 is 4.39 Å². The van der Waals surface area contributed by atoms with Crippen LogP contribution in [0, 0.1) is 11.6 Å². The summed E-state index contributed by atoms with van der Waals surface area (Å²) in [4.78, 5) is 16.2. The number of aryl methyl sites for hydroxylation is 1. The fourth-order valence-electron chi connectivity index (χ4n) is 5.21. The van der Waals surface area contributed by atoms with Crippen LogP contribution >= 0.6 is 0 Å². The second-order valence-electron chi connectivity index (χ2n) is 8.74. The lowest BCUT2D eigenvalue weighted by Crippen LogP contribution is -2.12. The molecule has 6 heteroatoms. The van der Waals surface area contributed by atoms with Gasteiger partial charge < -0.3 is 9.84 Å². The molecule has 4 nitrogen and oxygen atoms in total. The van der Waals surface area contributed by atoms with Gasteiger partial charge in [-0.25, -0.2) is 13.6 Å². The van der Waals surface area contributed by atoms with Gasteiger partial charge in [0.2, 0.25) is 0 Å². The maximum atomic E-state index is 15.5. The molecule has 2 aromatic rings. The molecule has 0 aromatic heterocycles. The number of fused-ring (bicyclic) bond motifs is 5. The summed E-state index contributed by atoms with van der Waals surface area (Å²) in [6, 6.07) is 7.75. The summed E-state index contributed by atoms with van der Waals surface area (Å²) in [5.41, 5.74) is 6.17. The molecule has 34 heavy (non-hydrogen) atoms. The molecular formula is C28H25F2NO3. The summed E-state index contributed by atoms with van der Waals surface area (Å²) >= 11 is 0. The number of hydrogen-bond acceptors (Lipinski definition) is 3. The molecule has 0 atom stereocenters. The van der Waals surface area contributed by atoms with Gasteiger partial charge >= 0.3 is 5.97 Å². The van der Waals surface area contributed by atoms with Crippen LogP contribution in [0.3, 0.4) is 0 Å². The Bertz CT molecular complexity index is 1320. The highest BCUT2D eigenvalue weighted by atomic mass is 19.1. The SMILES string of the molecule is CCc1ccc(F)c2c1COc1ccc(F)cc1C1=C(CCC1)C1=C2N=C/C(C(=O)O)=C/CC1. The molecule has 0 bridgehead atoms. The van der Waals surface area contributed by atoms with Gasteiger partial charge in [-0.15, -0.1) is 0 Å². The van der Waals surface area contributed by atoms with Gasteiger partial charge in [-0.1, -0.05) is 19.1 Å². The third-order valence-electron chi connectivity index (χ3n) is 6.82. The molecule has 3 aliphatic rings. The summed E-state index contributed by atoms with van der Waals surface area (Å²) in [5, 5.41) is 9.54. The average molecular weight is 462 g/mol. The van der Waals surface area contributed by atoms with E-state index in [2.05, 4.69) is 4.99 Å². The molecule has 0 amide bonds. The van der Waals surface area contributed by atoms with Crippen molar-refractivity contribution in [2.45, 2.75) is 52.1 Å². The molecule has 2 heterocycles. The van der Waals surface area contributed by atoms with E-state index in [1.54, 1.807) is 18.2 Å². The van der Waals surface area contributed by atoms with Gasteiger partial charge in [0.15, 0.2) is 0 Å². The Morgan fingerprint density at radius 3 is 2.71 bits per heavy atom. The summed E-state index contributed by atoms with van der Waals surface area (Å²) in [6.45, 7) is 2.10. The predicted molar refractivity (Wildman–Crippen MR) is 128 cm³/mol. The summed E-state index contributed by atoms with van der Waals surface area (Å²) in [7, 11) is 0. The number of rotatable bonds is 2. The Labute approximate surface area is 197 Å². The van der Waals surface area contributed by atoms with Crippen molar-refractivity contribution in [3.8, 4) is 5.75 Å². The van der Waals surface area contributed by atoms with Gasteiger partial charge in [-0.2, -0.15) is 0 Å². The van der Waals surface area contributed by atoms with E-state index in [0.717, 1.165) is 47.1 Å². The maximum Gasteiger partial charge on any atom is 0.336 e. The molecule has 5 rings (SSSR count). The van der Waals surface area contributed by atoms with Crippen LogP contribution in [0.2, 0.25) is 0 Å². The van der Waals surface area contributed by atoms with Gasteiger partial charge in [-0.05, 0) is 85.1 Å². The largest absolute Gasteiger partial charge is 0.488 e. The first-order valence-electron chi connectivity index (χ1n) is 11.6. The number of carboxylic acid groups (broad SMARTS) is 1. The van der Waals surface area contributed by atoms with Crippen molar-refractivity contribution in [2.75, 3.05) is 0 Å². The number of carbonyl (C=O) groups is 1. The number of nitrogens with zero attached hydrogens (tertiary/aromatic N) is 1. The fraction of sp³-hybridized carbons (Fsp3) is 0.286. The minimum atomic E-state index is -1.07. The highest BCUT2D eigenvalue weighted by molar-refractivity contribution is 6.10. The zero-order valence-corrected chi connectivity index (χ0v) is 19.0.